The monoisotopic (exact) mass is 259 g/mol. The van der Waals surface area contributed by atoms with Crippen molar-refractivity contribution >= 4 is 27.3 Å². The molecule has 0 spiro atoms. The molecule has 1 aromatic heterocycles. The van der Waals surface area contributed by atoms with Crippen molar-refractivity contribution in [1.29, 1.82) is 0 Å². The third kappa shape index (κ3) is 1.69. The first-order valence-electron chi connectivity index (χ1n) is 4.73. The molecule has 1 saturated carbocycles. The number of thiophene rings is 1. The lowest BCUT2D eigenvalue weighted by atomic mass is 9.68. The molecule has 0 radical (unpaired) electrons. The zero-order chi connectivity index (χ0) is 9.42. The molecule has 2 N–H and O–H groups in total. The van der Waals surface area contributed by atoms with Crippen molar-refractivity contribution in [3.63, 3.8) is 0 Å². The van der Waals surface area contributed by atoms with Crippen LogP contribution in [-0.4, -0.2) is 6.04 Å². The quantitative estimate of drug-likeness (QED) is 0.867. The minimum absolute atomic E-state index is 0.441. The van der Waals surface area contributed by atoms with Gasteiger partial charge in [0.15, 0.2) is 0 Å². The molecule has 0 aromatic carbocycles. The molecule has 1 fully saturated rings. The average molecular weight is 260 g/mol. The zero-order valence-corrected chi connectivity index (χ0v) is 10.1. The Hall–Kier alpha value is 0.140. The fraction of sp³-hybridized carbons (Fsp3) is 0.600. The number of rotatable bonds is 2. The van der Waals surface area contributed by atoms with Crippen LogP contribution in [0.15, 0.2) is 15.9 Å². The highest BCUT2D eigenvalue weighted by molar-refractivity contribution is 9.11. The summed E-state index contributed by atoms with van der Waals surface area (Å²) in [5.41, 5.74) is 5.96. The first kappa shape index (κ1) is 9.69. The van der Waals surface area contributed by atoms with Crippen molar-refractivity contribution in [1.82, 2.24) is 0 Å². The molecule has 72 valence electrons. The lowest BCUT2D eigenvalue weighted by molar-refractivity contribution is 0.201. The second-order valence-corrected chi connectivity index (χ2v) is 6.21. The zero-order valence-electron chi connectivity index (χ0n) is 7.66. The Kier molecular flexibility index (Phi) is 2.77. The summed E-state index contributed by atoms with van der Waals surface area (Å²) in [4.78, 5) is 1.50. The van der Waals surface area contributed by atoms with E-state index in [1.165, 1.54) is 21.5 Å². The number of halogens is 1. The van der Waals surface area contributed by atoms with Crippen molar-refractivity contribution in [2.24, 2.45) is 11.7 Å². The van der Waals surface area contributed by atoms with Crippen LogP contribution in [0.25, 0.3) is 0 Å². The second kappa shape index (κ2) is 3.71. The van der Waals surface area contributed by atoms with Crippen molar-refractivity contribution in [2.45, 2.75) is 31.7 Å². The van der Waals surface area contributed by atoms with Crippen LogP contribution in [0.5, 0.6) is 0 Å². The van der Waals surface area contributed by atoms with Gasteiger partial charge >= 0.3 is 0 Å². The summed E-state index contributed by atoms with van der Waals surface area (Å²) in [6.07, 6.45) is 2.38. The van der Waals surface area contributed by atoms with Gasteiger partial charge in [-0.15, -0.1) is 11.3 Å². The van der Waals surface area contributed by atoms with Crippen molar-refractivity contribution in [2.75, 3.05) is 0 Å². The molecular formula is C10H14BrNS. The Morgan fingerprint density at radius 3 is 2.85 bits per heavy atom. The van der Waals surface area contributed by atoms with Crippen LogP contribution in [0.4, 0.5) is 0 Å². The maximum atomic E-state index is 5.96. The summed E-state index contributed by atoms with van der Waals surface area (Å²) in [5.74, 6) is 1.45. The molecule has 1 heterocycles. The van der Waals surface area contributed by atoms with Crippen LogP contribution in [0.3, 0.4) is 0 Å². The van der Waals surface area contributed by atoms with E-state index < -0.39 is 0 Å². The van der Waals surface area contributed by atoms with Gasteiger partial charge in [-0.25, -0.2) is 0 Å². The van der Waals surface area contributed by atoms with Gasteiger partial charge in [0, 0.05) is 10.9 Å². The smallest absolute Gasteiger partial charge is 0.0701 e. The molecule has 0 saturated heterocycles. The molecule has 3 atom stereocenters. The summed E-state index contributed by atoms with van der Waals surface area (Å²) < 4.78 is 1.23. The summed E-state index contributed by atoms with van der Waals surface area (Å²) >= 11 is 5.35. The molecule has 1 aliphatic carbocycles. The fourth-order valence-electron chi connectivity index (χ4n) is 2.19. The van der Waals surface area contributed by atoms with Gasteiger partial charge in [0.05, 0.1) is 3.79 Å². The van der Waals surface area contributed by atoms with Gasteiger partial charge in [0.25, 0.3) is 0 Å². The Labute approximate surface area is 91.5 Å². The van der Waals surface area contributed by atoms with Gasteiger partial charge in [-0.05, 0) is 46.3 Å². The highest BCUT2D eigenvalue weighted by Gasteiger charge is 2.38. The molecule has 1 nitrogen and oxygen atoms in total. The Morgan fingerprint density at radius 2 is 2.38 bits per heavy atom. The van der Waals surface area contributed by atoms with Crippen molar-refractivity contribution in [3.05, 3.63) is 20.8 Å². The topological polar surface area (TPSA) is 26.0 Å². The minimum atomic E-state index is 0.441. The first-order chi connectivity index (χ1) is 6.22. The predicted octanol–water partition coefficient (Wildman–Crippen LogP) is 3.35. The highest BCUT2D eigenvalue weighted by atomic mass is 79.9. The molecule has 13 heavy (non-hydrogen) atoms. The molecule has 0 aliphatic heterocycles. The van der Waals surface area contributed by atoms with E-state index in [0.29, 0.717) is 12.0 Å². The lowest BCUT2D eigenvalue weighted by Gasteiger charge is -2.42. The largest absolute Gasteiger partial charge is 0.327 e. The van der Waals surface area contributed by atoms with E-state index in [4.69, 9.17) is 5.73 Å². The predicted molar refractivity (Wildman–Crippen MR) is 61.1 cm³/mol. The molecule has 1 aromatic rings. The van der Waals surface area contributed by atoms with Crippen LogP contribution in [0, 0.1) is 5.92 Å². The number of hydrogen-bond acceptors (Lipinski definition) is 2. The van der Waals surface area contributed by atoms with Crippen LogP contribution >= 0.6 is 27.3 Å². The molecule has 3 heteroatoms. The average Bonchev–Trinajstić information content (AvgIpc) is 2.48. The van der Waals surface area contributed by atoms with Crippen LogP contribution in [0.2, 0.25) is 0 Å². The standard InChI is InChI=1S/C10H14BrNS/c1-2-6-7(5-8(6)12)9-3-4-10(11)13-9/h3-4,6-8H,2,5,12H2,1H3. The van der Waals surface area contributed by atoms with E-state index in [9.17, 15) is 0 Å². The van der Waals surface area contributed by atoms with Gasteiger partial charge in [0.1, 0.15) is 0 Å². The third-order valence-corrected chi connectivity index (χ3v) is 4.78. The van der Waals surface area contributed by atoms with Crippen molar-refractivity contribution < 1.29 is 0 Å². The molecule has 3 unspecified atom stereocenters. The lowest BCUT2D eigenvalue weighted by Crippen LogP contribution is -2.45. The van der Waals surface area contributed by atoms with Crippen molar-refractivity contribution in [3.8, 4) is 0 Å². The van der Waals surface area contributed by atoms with Gasteiger partial charge in [-0.3, -0.25) is 0 Å². The van der Waals surface area contributed by atoms with Gasteiger partial charge in [0.2, 0.25) is 0 Å². The molecule has 2 rings (SSSR count). The van der Waals surface area contributed by atoms with Gasteiger partial charge in [-0.2, -0.15) is 0 Å². The number of hydrogen-bond donors (Lipinski definition) is 1. The maximum absolute atomic E-state index is 5.96. The van der Waals surface area contributed by atoms with Crippen LogP contribution in [0.1, 0.15) is 30.6 Å². The summed E-state index contributed by atoms with van der Waals surface area (Å²) in [5, 5.41) is 0. The SMILES string of the molecule is CCC1C(N)CC1c1ccc(Br)s1. The second-order valence-electron chi connectivity index (χ2n) is 3.72. The minimum Gasteiger partial charge on any atom is -0.327 e. The maximum Gasteiger partial charge on any atom is 0.0701 e. The van der Waals surface area contributed by atoms with Crippen LogP contribution < -0.4 is 5.73 Å². The van der Waals surface area contributed by atoms with E-state index in [1.54, 1.807) is 0 Å². The first-order valence-corrected chi connectivity index (χ1v) is 6.34. The van der Waals surface area contributed by atoms with Gasteiger partial charge in [-0.1, -0.05) is 13.3 Å². The van der Waals surface area contributed by atoms with E-state index in [1.807, 2.05) is 11.3 Å². The summed E-state index contributed by atoms with van der Waals surface area (Å²) in [7, 11) is 0. The highest BCUT2D eigenvalue weighted by Crippen LogP contribution is 2.46. The summed E-state index contributed by atoms with van der Waals surface area (Å²) in [6.45, 7) is 2.24. The Morgan fingerprint density at radius 1 is 1.62 bits per heavy atom. The number of nitrogens with two attached hydrogens (primary N) is 1. The molecular weight excluding hydrogens is 246 g/mol. The fourth-order valence-corrected chi connectivity index (χ4v) is 3.80. The van der Waals surface area contributed by atoms with E-state index in [-0.39, 0.29) is 0 Å². The van der Waals surface area contributed by atoms with E-state index >= 15 is 0 Å². The Balaban J connectivity index is 2.11. The van der Waals surface area contributed by atoms with E-state index in [2.05, 4.69) is 35.0 Å². The van der Waals surface area contributed by atoms with E-state index in [0.717, 1.165) is 5.92 Å². The van der Waals surface area contributed by atoms with Gasteiger partial charge < -0.3 is 5.73 Å². The molecule has 0 bridgehead atoms. The normalized spacial score (nSPS) is 33.0. The third-order valence-electron chi connectivity index (χ3n) is 3.02. The molecule has 0 amide bonds. The molecule has 1 aliphatic rings. The Bertz CT molecular complexity index is 297. The summed E-state index contributed by atoms with van der Waals surface area (Å²) in [6, 6.07) is 4.81. The van der Waals surface area contributed by atoms with Crippen LogP contribution in [-0.2, 0) is 0 Å².